The molecule has 0 unspecified atom stereocenters. The zero-order valence-electron chi connectivity index (χ0n) is 14.2. The number of anilines is 1. The van der Waals surface area contributed by atoms with Crippen molar-refractivity contribution >= 4 is 44.2 Å². The second-order valence-corrected chi connectivity index (χ2v) is 8.16. The minimum absolute atomic E-state index is 0.273. The van der Waals surface area contributed by atoms with Gasteiger partial charge in [-0.2, -0.15) is 13.2 Å². The molecule has 2 heterocycles. The molecule has 0 saturated carbocycles. The molecular weight excluding hydrogens is 421 g/mol. The molecule has 0 fully saturated rings. The Kier molecular flexibility index (Phi) is 5.06. The van der Waals surface area contributed by atoms with Crippen molar-refractivity contribution in [2.75, 3.05) is 11.6 Å². The molecule has 0 spiro atoms. The third-order valence-corrected chi connectivity index (χ3v) is 4.94. The van der Waals surface area contributed by atoms with Gasteiger partial charge in [0, 0.05) is 12.5 Å². The first-order chi connectivity index (χ1) is 13.0. The summed E-state index contributed by atoms with van der Waals surface area (Å²) < 4.78 is 63.2. The number of halogens is 4. The average Bonchev–Trinajstić information content (AvgIpc) is 2.95. The van der Waals surface area contributed by atoms with Gasteiger partial charge in [-0.1, -0.05) is 23.7 Å². The third kappa shape index (κ3) is 4.09. The largest absolute Gasteiger partial charge is 0.417 e. The van der Waals surface area contributed by atoms with Crippen LogP contribution in [0.5, 0.6) is 0 Å². The van der Waals surface area contributed by atoms with E-state index in [1.807, 2.05) is 0 Å². The van der Waals surface area contributed by atoms with E-state index < -0.39 is 39.1 Å². The number of imidazole rings is 1. The fourth-order valence-electron chi connectivity index (χ4n) is 2.49. The van der Waals surface area contributed by atoms with E-state index >= 15 is 0 Å². The van der Waals surface area contributed by atoms with E-state index in [1.54, 1.807) is 24.3 Å². The summed E-state index contributed by atoms with van der Waals surface area (Å²) >= 11 is 5.77. The number of fused-ring (bicyclic) bond motifs is 1. The van der Waals surface area contributed by atoms with E-state index in [9.17, 15) is 26.4 Å². The van der Waals surface area contributed by atoms with Gasteiger partial charge < -0.3 is 9.88 Å². The van der Waals surface area contributed by atoms with Crippen LogP contribution in [-0.2, 0) is 27.4 Å². The zero-order valence-corrected chi connectivity index (χ0v) is 15.7. The van der Waals surface area contributed by atoms with Gasteiger partial charge in [0.2, 0.25) is 20.9 Å². The predicted octanol–water partition coefficient (Wildman–Crippen LogP) is 3.15. The molecule has 12 heteroatoms. The predicted molar refractivity (Wildman–Crippen MR) is 95.7 cm³/mol. The van der Waals surface area contributed by atoms with Crippen molar-refractivity contribution in [1.29, 1.82) is 0 Å². The maximum atomic E-state index is 12.7. The van der Waals surface area contributed by atoms with Crippen LogP contribution in [0.4, 0.5) is 19.0 Å². The van der Waals surface area contributed by atoms with Gasteiger partial charge >= 0.3 is 6.18 Å². The molecule has 1 amide bonds. The van der Waals surface area contributed by atoms with E-state index in [4.69, 9.17) is 11.6 Å². The van der Waals surface area contributed by atoms with E-state index in [0.29, 0.717) is 23.3 Å². The number of amides is 1. The molecule has 0 aliphatic carbocycles. The SMILES string of the molecule is CS(=O)(=O)c1nc2ccccc2n1CC(=O)Nc1ncc(C(F)(F)F)cc1Cl. The molecule has 3 aromatic rings. The van der Waals surface area contributed by atoms with Crippen molar-refractivity contribution in [2.45, 2.75) is 17.9 Å². The number of nitrogens with one attached hydrogen (secondary N) is 1. The summed E-state index contributed by atoms with van der Waals surface area (Å²) in [7, 11) is -3.74. The minimum atomic E-state index is -4.63. The number of carbonyl (C=O) groups is 1. The molecule has 7 nitrogen and oxygen atoms in total. The first-order valence-corrected chi connectivity index (χ1v) is 9.91. The molecule has 1 N–H and O–H groups in total. The normalized spacial score (nSPS) is 12.3. The Morgan fingerprint density at radius 2 is 1.96 bits per heavy atom. The monoisotopic (exact) mass is 432 g/mol. The van der Waals surface area contributed by atoms with Gasteiger partial charge in [0.1, 0.15) is 6.54 Å². The Bertz CT molecular complexity index is 1180. The van der Waals surface area contributed by atoms with E-state index in [2.05, 4.69) is 15.3 Å². The van der Waals surface area contributed by atoms with Crippen LogP contribution in [0.15, 0.2) is 41.7 Å². The molecule has 1 aromatic carbocycles. The molecule has 0 saturated heterocycles. The van der Waals surface area contributed by atoms with Gasteiger partial charge in [-0.05, 0) is 18.2 Å². The summed E-state index contributed by atoms with van der Waals surface area (Å²) in [6, 6.07) is 7.13. The molecule has 0 atom stereocenters. The molecular formula is C16H12ClF3N4O3S. The lowest BCUT2D eigenvalue weighted by Crippen LogP contribution is -2.22. The molecule has 148 valence electrons. The number of carbonyl (C=O) groups excluding carboxylic acids is 1. The summed E-state index contributed by atoms with van der Waals surface area (Å²) in [6.45, 7) is -0.456. The second kappa shape index (κ2) is 7.06. The van der Waals surface area contributed by atoms with Crippen molar-refractivity contribution in [2.24, 2.45) is 0 Å². The number of aromatic nitrogens is 3. The first-order valence-electron chi connectivity index (χ1n) is 7.65. The number of pyridine rings is 1. The van der Waals surface area contributed by atoms with Crippen LogP contribution < -0.4 is 5.32 Å². The number of alkyl halides is 3. The van der Waals surface area contributed by atoms with Crippen LogP contribution in [0.25, 0.3) is 11.0 Å². The van der Waals surface area contributed by atoms with Gasteiger partial charge in [-0.3, -0.25) is 4.79 Å². The van der Waals surface area contributed by atoms with Crippen molar-refractivity contribution in [1.82, 2.24) is 14.5 Å². The maximum absolute atomic E-state index is 12.7. The molecule has 0 radical (unpaired) electrons. The number of hydrogen-bond acceptors (Lipinski definition) is 5. The topological polar surface area (TPSA) is 94.0 Å². The van der Waals surface area contributed by atoms with Gasteiger partial charge in [0.25, 0.3) is 0 Å². The Morgan fingerprint density at radius 1 is 1.29 bits per heavy atom. The highest BCUT2D eigenvalue weighted by Gasteiger charge is 2.31. The highest BCUT2D eigenvalue weighted by atomic mass is 35.5. The van der Waals surface area contributed by atoms with Crippen molar-refractivity contribution in [3.05, 3.63) is 47.1 Å². The Balaban J connectivity index is 1.90. The summed E-state index contributed by atoms with van der Waals surface area (Å²) in [5.74, 6) is -1.01. The number of rotatable bonds is 4. The quantitative estimate of drug-likeness (QED) is 0.683. The van der Waals surface area contributed by atoms with Crippen molar-refractivity contribution in [3.8, 4) is 0 Å². The minimum Gasteiger partial charge on any atom is -0.308 e. The second-order valence-electron chi connectivity index (χ2n) is 5.84. The lowest BCUT2D eigenvalue weighted by atomic mass is 10.3. The smallest absolute Gasteiger partial charge is 0.308 e. The average molecular weight is 433 g/mol. The summed E-state index contributed by atoms with van der Waals surface area (Å²) in [6.07, 6.45) is -3.13. The molecule has 3 rings (SSSR count). The molecule has 2 aromatic heterocycles. The highest BCUT2D eigenvalue weighted by Crippen LogP contribution is 2.32. The standard InChI is InChI=1S/C16H12ClF3N4O3S/c1-28(26,27)15-22-11-4-2-3-5-12(11)24(15)8-13(25)23-14-10(17)6-9(7-21-14)16(18,19)20/h2-7H,8H2,1H3,(H,21,23,25). The zero-order chi connectivity index (χ0) is 20.7. The van der Waals surface area contributed by atoms with Crippen molar-refractivity contribution < 1.29 is 26.4 Å². The van der Waals surface area contributed by atoms with Gasteiger partial charge in [-0.25, -0.2) is 18.4 Å². The Hall–Kier alpha value is -2.66. The highest BCUT2D eigenvalue weighted by molar-refractivity contribution is 7.90. The Labute approximate surface area is 162 Å². The van der Waals surface area contributed by atoms with Crippen LogP contribution in [0.2, 0.25) is 5.02 Å². The van der Waals surface area contributed by atoms with Crippen LogP contribution in [0, 0.1) is 0 Å². The lowest BCUT2D eigenvalue weighted by molar-refractivity contribution is -0.137. The summed E-state index contributed by atoms with van der Waals surface area (Å²) in [5, 5.41) is 1.57. The summed E-state index contributed by atoms with van der Waals surface area (Å²) in [4.78, 5) is 19.9. The van der Waals surface area contributed by atoms with E-state index in [1.165, 1.54) is 4.57 Å². The Morgan fingerprint density at radius 3 is 2.57 bits per heavy atom. The van der Waals surface area contributed by atoms with Crippen LogP contribution in [-0.4, -0.2) is 35.1 Å². The van der Waals surface area contributed by atoms with Gasteiger partial charge in [-0.15, -0.1) is 0 Å². The number of benzene rings is 1. The van der Waals surface area contributed by atoms with Crippen LogP contribution in [0.3, 0.4) is 0 Å². The summed E-state index contributed by atoms with van der Waals surface area (Å²) in [5.41, 5.74) is -0.276. The maximum Gasteiger partial charge on any atom is 0.417 e. The number of nitrogens with zero attached hydrogens (tertiary/aromatic N) is 3. The van der Waals surface area contributed by atoms with Crippen LogP contribution >= 0.6 is 11.6 Å². The van der Waals surface area contributed by atoms with E-state index in [0.717, 1.165) is 6.26 Å². The molecule has 0 bridgehead atoms. The van der Waals surface area contributed by atoms with Crippen molar-refractivity contribution in [3.63, 3.8) is 0 Å². The van der Waals surface area contributed by atoms with Gasteiger partial charge in [0.05, 0.1) is 21.6 Å². The molecule has 28 heavy (non-hydrogen) atoms. The number of sulfone groups is 1. The van der Waals surface area contributed by atoms with Gasteiger partial charge in [0.15, 0.2) is 5.82 Å². The number of para-hydroxylation sites is 2. The fourth-order valence-corrected chi connectivity index (χ4v) is 3.53. The first kappa shape index (κ1) is 20.1. The lowest BCUT2D eigenvalue weighted by Gasteiger charge is -2.11. The fraction of sp³-hybridized carbons (Fsp3) is 0.188. The van der Waals surface area contributed by atoms with E-state index in [-0.39, 0.29) is 11.0 Å². The third-order valence-electron chi connectivity index (χ3n) is 3.68. The number of hydrogen-bond donors (Lipinski definition) is 1. The van der Waals surface area contributed by atoms with Crippen LogP contribution in [0.1, 0.15) is 5.56 Å². The molecule has 0 aliphatic rings. The molecule has 0 aliphatic heterocycles.